The average molecular weight is 269 g/mol. The van der Waals surface area contributed by atoms with Gasteiger partial charge in [-0.3, -0.25) is 0 Å². The number of rotatable bonds is 4. The Balaban J connectivity index is 2.04. The maximum atomic E-state index is 5.86. The summed E-state index contributed by atoms with van der Waals surface area (Å²) in [6, 6.07) is 9.53. The molecule has 90 valence electrons. The van der Waals surface area contributed by atoms with E-state index in [1.54, 1.807) is 18.4 Å². The van der Waals surface area contributed by atoms with Crippen molar-refractivity contribution in [3.63, 3.8) is 0 Å². The highest BCUT2D eigenvalue weighted by Crippen LogP contribution is 2.26. The third-order valence-electron chi connectivity index (χ3n) is 2.33. The van der Waals surface area contributed by atoms with Gasteiger partial charge in [0.15, 0.2) is 0 Å². The Morgan fingerprint density at radius 1 is 1.35 bits per heavy atom. The van der Waals surface area contributed by atoms with E-state index < -0.39 is 0 Å². The minimum Gasteiger partial charge on any atom is -0.495 e. The van der Waals surface area contributed by atoms with Gasteiger partial charge >= 0.3 is 0 Å². The maximum Gasteiger partial charge on any atom is 0.143 e. The number of hydrogen-bond donors (Lipinski definition) is 2. The highest BCUT2D eigenvalue weighted by atomic mass is 35.5. The largest absolute Gasteiger partial charge is 0.495 e. The van der Waals surface area contributed by atoms with Crippen molar-refractivity contribution in [2.75, 3.05) is 18.2 Å². The zero-order chi connectivity index (χ0) is 12.3. The Labute approximate surface area is 109 Å². The van der Waals surface area contributed by atoms with Crippen molar-refractivity contribution >= 4 is 34.3 Å². The number of nitrogen functional groups attached to an aromatic ring is 1. The summed E-state index contributed by atoms with van der Waals surface area (Å²) in [5, 5.41) is 3.29. The number of benzene rings is 1. The number of anilines is 2. The fraction of sp³-hybridized carbons (Fsp3) is 0.167. The molecular weight excluding hydrogens is 256 g/mol. The third kappa shape index (κ3) is 3.05. The van der Waals surface area contributed by atoms with Crippen molar-refractivity contribution < 1.29 is 4.74 Å². The minimum absolute atomic E-state index is 0.636. The van der Waals surface area contributed by atoms with Crippen LogP contribution in [-0.4, -0.2) is 7.11 Å². The van der Waals surface area contributed by atoms with Crippen molar-refractivity contribution in [1.29, 1.82) is 0 Å². The maximum absolute atomic E-state index is 5.86. The molecule has 0 saturated carbocycles. The molecule has 1 heterocycles. The van der Waals surface area contributed by atoms with Crippen LogP contribution in [0.4, 0.5) is 11.4 Å². The molecule has 3 N–H and O–H groups in total. The molecule has 0 spiro atoms. The Bertz CT molecular complexity index is 513. The quantitative estimate of drug-likeness (QED) is 0.833. The normalized spacial score (nSPS) is 10.2. The second-order valence-corrected chi connectivity index (χ2v) is 5.32. The first-order chi connectivity index (χ1) is 8.19. The number of nitrogens with one attached hydrogen (secondary N) is 1. The van der Waals surface area contributed by atoms with Crippen LogP contribution in [0.25, 0.3) is 0 Å². The number of nitrogens with two attached hydrogens (primary N) is 1. The van der Waals surface area contributed by atoms with E-state index in [1.165, 1.54) is 4.88 Å². The molecule has 0 aliphatic rings. The summed E-state index contributed by atoms with van der Waals surface area (Å²) < 4.78 is 5.96. The lowest BCUT2D eigenvalue weighted by atomic mass is 10.2. The molecule has 1 aromatic heterocycles. The highest BCUT2D eigenvalue weighted by Gasteiger charge is 2.02. The van der Waals surface area contributed by atoms with Crippen LogP contribution >= 0.6 is 22.9 Å². The van der Waals surface area contributed by atoms with Gasteiger partial charge in [0.1, 0.15) is 5.75 Å². The van der Waals surface area contributed by atoms with E-state index in [0.717, 1.165) is 16.6 Å². The number of hydrogen-bond acceptors (Lipinski definition) is 4. The van der Waals surface area contributed by atoms with E-state index in [-0.39, 0.29) is 0 Å². The monoisotopic (exact) mass is 268 g/mol. The SMILES string of the molecule is COc1cc(NCc2ccc(Cl)s2)ccc1N. The highest BCUT2D eigenvalue weighted by molar-refractivity contribution is 7.16. The summed E-state index contributed by atoms with van der Waals surface area (Å²) in [5.74, 6) is 0.680. The fourth-order valence-electron chi connectivity index (χ4n) is 1.46. The van der Waals surface area contributed by atoms with Gasteiger partial charge in [-0.15, -0.1) is 11.3 Å². The molecule has 0 atom stereocenters. The van der Waals surface area contributed by atoms with Gasteiger partial charge in [0.2, 0.25) is 0 Å². The van der Waals surface area contributed by atoms with Gasteiger partial charge < -0.3 is 15.8 Å². The second-order valence-electron chi connectivity index (χ2n) is 3.52. The molecule has 1 aromatic carbocycles. The summed E-state index contributed by atoms with van der Waals surface area (Å²) in [4.78, 5) is 1.19. The number of ether oxygens (including phenoxy) is 1. The van der Waals surface area contributed by atoms with E-state index in [4.69, 9.17) is 22.1 Å². The van der Waals surface area contributed by atoms with Crippen LogP contribution in [0.15, 0.2) is 30.3 Å². The predicted molar refractivity (Wildman–Crippen MR) is 74.1 cm³/mol. The second kappa shape index (κ2) is 5.29. The average Bonchev–Trinajstić information content (AvgIpc) is 2.74. The molecule has 0 fully saturated rings. The summed E-state index contributed by atoms with van der Waals surface area (Å²) in [6.45, 7) is 0.741. The van der Waals surface area contributed by atoms with Crippen molar-refractivity contribution in [3.05, 3.63) is 39.5 Å². The summed E-state index contributed by atoms with van der Waals surface area (Å²) in [5.41, 5.74) is 7.35. The molecule has 0 amide bonds. The molecule has 2 rings (SSSR count). The molecule has 0 aliphatic carbocycles. The summed E-state index contributed by atoms with van der Waals surface area (Å²) in [7, 11) is 1.61. The molecule has 0 aliphatic heterocycles. The van der Waals surface area contributed by atoms with E-state index in [1.807, 2.05) is 30.3 Å². The van der Waals surface area contributed by atoms with Crippen LogP contribution in [0.3, 0.4) is 0 Å². The summed E-state index contributed by atoms with van der Waals surface area (Å²) in [6.07, 6.45) is 0. The van der Waals surface area contributed by atoms with Gasteiger partial charge in [-0.2, -0.15) is 0 Å². The first-order valence-electron chi connectivity index (χ1n) is 5.10. The Morgan fingerprint density at radius 3 is 2.82 bits per heavy atom. The third-order valence-corrected chi connectivity index (χ3v) is 3.56. The van der Waals surface area contributed by atoms with Crippen LogP contribution in [0.2, 0.25) is 4.34 Å². The summed E-state index contributed by atoms with van der Waals surface area (Å²) >= 11 is 7.43. The van der Waals surface area contributed by atoms with Crippen LogP contribution < -0.4 is 15.8 Å². The molecular formula is C12H13ClN2OS. The standard InChI is InChI=1S/C12H13ClN2OS/c1-16-11-6-8(2-4-10(11)14)15-7-9-3-5-12(13)17-9/h2-6,15H,7,14H2,1H3. The topological polar surface area (TPSA) is 47.3 Å². The van der Waals surface area contributed by atoms with Gasteiger partial charge in [-0.25, -0.2) is 0 Å². The molecule has 17 heavy (non-hydrogen) atoms. The minimum atomic E-state index is 0.636. The number of thiophene rings is 1. The molecule has 5 heteroatoms. The number of methoxy groups -OCH3 is 1. The zero-order valence-corrected chi connectivity index (χ0v) is 10.9. The van der Waals surface area contributed by atoms with E-state index in [9.17, 15) is 0 Å². The molecule has 0 unspecified atom stereocenters. The molecule has 3 nitrogen and oxygen atoms in total. The van der Waals surface area contributed by atoms with E-state index >= 15 is 0 Å². The van der Waals surface area contributed by atoms with E-state index in [0.29, 0.717) is 11.4 Å². The Kier molecular flexibility index (Phi) is 3.76. The molecule has 0 saturated heterocycles. The smallest absolute Gasteiger partial charge is 0.143 e. The first-order valence-corrected chi connectivity index (χ1v) is 6.30. The lowest BCUT2D eigenvalue weighted by molar-refractivity contribution is 0.417. The first kappa shape index (κ1) is 12.1. The van der Waals surface area contributed by atoms with Gasteiger partial charge in [-0.1, -0.05) is 11.6 Å². The fourth-order valence-corrected chi connectivity index (χ4v) is 2.48. The van der Waals surface area contributed by atoms with Crippen LogP contribution in [-0.2, 0) is 6.54 Å². The molecule has 2 aromatic rings. The van der Waals surface area contributed by atoms with Gasteiger partial charge in [-0.05, 0) is 24.3 Å². The zero-order valence-electron chi connectivity index (χ0n) is 9.37. The number of halogens is 1. The van der Waals surface area contributed by atoms with Crippen LogP contribution in [0.5, 0.6) is 5.75 Å². The van der Waals surface area contributed by atoms with Gasteiger partial charge in [0, 0.05) is 23.2 Å². The predicted octanol–water partition coefficient (Wildman–Crippen LogP) is 3.60. The Hall–Kier alpha value is -1.39. The lowest BCUT2D eigenvalue weighted by Gasteiger charge is -2.09. The van der Waals surface area contributed by atoms with Gasteiger partial charge in [0.25, 0.3) is 0 Å². The van der Waals surface area contributed by atoms with Crippen molar-refractivity contribution in [2.45, 2.75) is 6.54 Å². The lowest BCUT2D eigenvalue weighted by Crippen LogP contribution is -1.99. The van der Waals surface area contributed by atoms with Gasteiger partial charge in [0.05, 0.1) is 17.1 Å². The van der Waals surface area contributed by atoms with Crippen molar-refractivity contribution in [2.24, 2.45) is 0 Å². The molecule has 0 bridgehead atoms. The Morgan fingerprint density at radius 2 is 2.18 bits per heavy atom. The van der Waals surface area contributed by atoms with Crippen LogP contribution in [0, 0.1) is 0 Å². The molecule has 0 radical (unpaired) electrons. The van der Waals surface area contributed by atoms with E-state index in [2.05, 4.69) is 5.32 Å². The van der Waals surface area contributed by atoms with Crippen molar-refractivity contribution in [3.8, 4) is 5.75 Å². The van der Waals surface area contributed by atoms with Crippen LogP contribution in [0.1, 0.15) is 4.88 Å². The van der Waals surface area contributed by atoms with Crippen molar-refractivity contribution in [1.82, 2.24) is 0 Å².